The predicted octanol–water partition coefficient (Wildman–Crippen LogP) is 7.47. The summed E-state index contributed by atoms with van der Waals surface area (Å²) < 4.78 is 74.0. The molecule has 1 aliphatic carbocycles. The van der Waals surface area contributed by atoms with Crippen molar-refractivity contribution in [2.75, 3.05) is 12.3 Å². The van der Waals surface area contributed by atoms with Gasteiger partial charge in [-0.25, -0.2) is 8.42 Å². The predicted molar refractivity (Wildman–Crippen MR) is 159 cm³/mol. The Morgan fingerprint density at radius 1 is 0.952 bits per heavy atom. The number of halogens is 4. The van der Waals surface area contributed by atoms with E-state index in [1.54, 1.807) is 77.8 Å². The second-order valence-corrected chi connectivity index (χ2v) is 12.5. The molecule has 5 nitrogen and oxygen atoms in total. The Bertz CT molecular complexity index is 1710. The van der Waals surface area contributed by atoms with Crippen molar-refractivity contribution in [3.8, 4) is 11.5 Å². The van der Waals surface area contributed by atoms with Crippen molar-refractivity contribution in [3.05, 3.63) is 131 Å². The van der Waals surface area contributed by atoms with E-state index in [1.807, 2.05) is 6.07 Å². The molecule has 1 aliphatic heterocycles. The summed E-state index contributed by atoms with van der Waals surface area (Å²) in [5.41, 5.74) is 7.37. The topological polar surface area (TPSA) is 72.6 Å². The zero-order chi connectivity index (χ0) is 29.9. The number of sulfone groups is 1. The van der Waals surface area contributed by atoms with Gasteiger partial charge in [-0.3, -0.25) is 0 Å². The van der Waals surface area contributed by atoms with Gasteiger partial charge in [-0.2, -0.15) is 13.2 Å². The van der Waals surface area contributed by atoms with Gasteiger partial charge in [-0.05, 0) is 83.8 Å². The summed E-state index contributed by atoms with van der Waals surface area (Å²) in [7, 11) is -3.52. The number of nitrogens with two attached hydrogens (primary N) is 1. The van der Waals surface area contributed by atoms with Crippen LogP contribution in [0.15, 0.2) is 119 Å². The van der Waals surface area contributed by atoms with Crippen molar-refractivity contribution in [1.82, 2.24) is 4.90 Å². The number of alkyl halides is 3. The van der Waals surface area contributed by atoms with Crippen molar-refractivity contribution >= 4 is 27.0 Å². The number of rotatable bonds is 9. The van der Waals surface area contributed by atoms with E-state index in [0.717, 1.165) is 11.6 Å². The van der Waals surface area contributed by atoms with Crippen LogP contribution in [0.5, 0.6) is 11.5 Å². The van der Waals surface area contributed by atoms with Gasteiger partial charge in [0.05, 0.1) is 22.3 Å². The number of hydrogen-bond donors (Lipinski definition) is 1. The minimum Gasteiger partial charge on any atom is -0.457 e. The monoisotopic (exact) mass is 612 g/mol. The molecule has 0 amide bonds. The van der Waals surface area contributed by atoms with Gasteiger partial charge in [0.1, 0.15) is 11.5 Å². The van der Waals surface area contributed by atoms with E-state index in [9.17, 15) is 21.6 Å². The minimum atomic E-state index is -4.54. The molecule has 3 aromatic rings. The van der Waals surface area contributed by atoms with Crippen LogP contribution in [0.4, 0.5) is 13.2 Å². The minimum absolute atomic E-state index is 0.0664. The van der Waals surface area contributed by atoms with Gasteiger partial charge in [0, 0.05) is 17.8 Å². The maximum Gasteiger partial charge on any atom is 0.415 e. The Morgan fingerprint density at radius 3 is 2.43 bits per heavy atom. The van der Waals surface area contributed by atoms with Gasteiger partial charge < -0.3 is 15.4 Å². The second kappa shape index (κ2) is 12.2. The molecular formula is C32H28ClF3N2O3S. The van der Waals surface area contributed by atoms with Crippen molar-refractivity contribution in [3.63, 3.8) is 0 Å². The number of allylic oxidation sites excluding steroid dienone is 4. The van der Waals surface area contributed by atoms with E-state index in [4.69, 9.17) is 22.1 Å². The summed E-state index contributed by atoms with van der Waals surface area (Å²) in [5.74, 6) is 0.668. The standard InChI is InChI=1S/C32H28ClF3N2O3S/c33-24-8-1-6-22(18-24)21-38-16-14-28(29-12-4-13-30(31(29)38)32(34,35)36)23-7-2-9-25(19-23)41-26-10-3-11-27(20-26)42(39,40)17-5-15-37/h1-4,6-14,16,18-20,31H,5,15,17,21,37H2. The molecule has 3 aromatic carbocycles. The number of hydrogen-bond acceptors (Lipinski definition) is 5. The third kappa shape index (κ3) is 6.64. The first kappa shape index (κ1) is 29.7. The lowest BCUT2D eigenvalue weighted by Crippen LogP contribution is -2.41. The molecule has 1 unspecified atom stereocenters. The van der Waals surface area contributed by atoms with E-state index in [2.05, 4.69) is 0 Å². The Balaban J connectivity index is 1.47. The zero-order valence-corrected chi connectivity index (χ0v) is 24.0. The highest BCUT2D eigenvalue weighted by Gasteiger charge is 2.44. The molecule has 0 saturated heterocycles. The number of ether oxygens (including phenoxy) is 1. The largest absolute Gasteiger partial charge is 0.457 e. The van der Waals surface area contributed by atoms with Crippen LogP contribution in [0.1, 0.15) is 17.5 Å². The maximum atomic E-state index is 14.2. The maximum absolute atomic E-state index is 14.2. The van der Waals surface area contributed by atoms with Crippen molar-refractivity contribution in [2.24, 2.45) is 5.73 Å². The smallest absolute Gasteiger partial charge is 0.415 e. The van der Waals surface area contributed by atoms with Crippen LogP contribution in [0.2, 0.25) is 5.02 Å². The summed E-state index contributed by atoms with van der Waals surface area (Å²) in [6.45, 7) is 0.497. The molecule has 1 heterocycles. The van der Waals surface area contributed by atoms with E-state index >= 15 is 0 Å². The van der Waals surface area contributed by atoms with Gasteiger partial charge in [0.2, 0.25) is 0 Å². The quantitative estimate of drug-likeness (QED) is 0.271. The Morgan fingerprint density at radius 2 is 1.69 bits per heavy atom. The van der Waals surface area contributed by atoms with E-state index in [-0.39, 0.29) is 23.7 Å². The van der Waals surface area contributed by atoms with Crippen LogP contribution in [-0.4, -0.2) is 37.8 Å². The highest BCUT2D eigenvalue weighted by molar-refractivity contribution is 7.91. The lowest BCUT2D eigenvalue weighted by molar-refractivity contribution is -0.0988. The van der Waals surface area contributed by atoms with Crippen LogP contribution in [-0.2, 0) is 16.4 Å². The third-order valence-corrected chi connectivity index (χ3v) is 8.99. The molecule has 2 N–H and O–H groups in total. The molecular weight excluding hydrogens is 585 g/mol. The third-order valence-electron chi connectivity index (χ3n) is 6.96. The first-order chi connectivity index (χ1) is 20.0. The van der Waals surface area contributed by atoms with Gasteiger partial charge in [0.15, 0.2) is 9.84 Å². The average molecular weight is 613 g/mol. The lowest BCUT2D eigenvalue weighted by Gasteiger charge is -2.39. The second-order valence-electron chi connectivity index (χ2n) is 9.93. The number of nitrogens with zero attached hydrogens (tertiary/aromatic N) is 1. The fourth-order valence-corrected chi connectivity index (χ4v) is 6.62. The normalized spacial score (nSPS) is 16.8. The molecule has 1 atom stereocenters. The summed E-state index contributed by atoms with van der Waals surface area (Å²) in [5, 5.41) is 0.510. The van der Waals surface area contributed by atoms with Crippen LogP contribution in [0, 0.1) is 0 Å². The van der Waals surface area contributed by atoms with Gasteiger partial charge in [0.25, 0.3) is 0 Å². The van der Waals surface area contributed by atoms with E-state index in [1.165, 1.54) is 18.2 Å². The Kier molecular flexibility index (Phi) is 8.63. The first-order valence-corrected chi connectivity index (χ1v) is 15.3. The van der Waals surface area contributed by atoms with Crippen LogP contribution in [0.25, 0.3) is 5.57 Å². The lowest BCUT2D eigenvalue weighted by atomic mass is 9.84. The highest BCUT2D eigenvalue weighted by Crippen LogP contribution is 2.42. The highest BCUT2D eigenvalue weighted by atomic mass is 35.5. The van der Waals surface area contributed by atoms with Crippen LogP contribution in [0.3, 0.4) is 0 Å². The molecule has 0 aromatic heterocycles. The molecule has 5 rings (SSSR count). The molecule has 218 valence electrons. The van der Waals surface area contributed by atoms with Crippen molar-refractivity contribution in [1.29, 1.82) is 0 Å². The summed E-state index contributed by atoms with van der Waals surface area (Å²) >= 11 is 6.13. The summed E-state index contributed by atoms with van der Waals surface area (Å²) in [4.78, 5) is 1.79. The summed E-state index contributed by atoms with van der Waals surface area (Å²) in [6.07, 6.45) is 3.51. The number of benzene rings is 3. The molecule has 10 heteroatoms. The number of fused-ring (bicyclic) bond motifs is 1. The Hall–Kier alpha value is -3.79. The van der Waals surface area contributed by atoms with Gasteiger partial charge in [-0.1, -0.05) is 60.2 Å². The van der Waals surface area contributed by atoms with Crippen LogP contribution < -0.4 is 10.5 Å². The molecule has 2 aliphatic rings. The molecule has 0 radical (unpaired) electrons. The van der Waals surface area contributed by atoms with Crippen molar-refractivity contribution < 1.29 is 26.3 Å². The van der Waals surface area contributed by atoms with E-state index in [0.29, 0.717) is 39.7 Å². The molecule has 0 bridgehead atoms. The molecule has 42 heavy (non-hydrogen) atoms. The summed E-state index contributed by atoms with van der Waals surface area (Å²) in [6, 6.07) is 19.2. The van der Waals surface area contributed by atoms with Crippen molar-refractivity contribution in [2.45, 2.75) is 30.1 Å². The SMILES string of the molecule is NCCCS(=O)(=O)c1cccc(Oc2cccc(C3=C4C=CC=C(C(F)(F)F)C4N(Cc4cccc(Cl)c4)C=C3)c2)c1. The first-order valence-electron chi connectivity index (χ1n) is 13.2. The van der Waals surface area contributed by atoms with E-state index < -0.39 is 27.6 Å². The average Bonchev–Trinajstić information content (AvgIpc) is 2.96. The van der Waals surface area contributed by atoms with Crippen LogP contribution >= 0.6 is 11.6 Å². The molecule has 0 saturated carbocycles. The molecule has 0 spiro atoms. The fourth-order valence-electron chi connectivity index (χ4n) is 5.04. The Labute approximate surface area is 248 Å². The molecule has 0 fully saturated rings. The zero-order valence-electron chi connectivity index (χ0n) is 22.4. The fraction of sp³-hybridized carbons (Fsp3) is 0.188. The van der Waals surface area contributed by atoms with Gasteiger partial charge >= 0.3 is 6.18 Å². The van der Waals surface area contributed by atoms with Gasteiger partial charge in [-0.15, -0.1) is 0 Å².